The van der Waals surface area contributed by atoms with Crippen molar-refractivity contribution in [3.05, 3.63) is 53.8 Å². The van der Waals surface area contributed by atoms with Gasteiger partial charge in [0.15, 0.2) is 0 Å². The largest absolute Gasteiger partial charge is 0.495 e. The predicted molar refractivity (Wildman–Crippen MR) is 126 cm³/mol. The SMILES string of the molecule is COc1ccc(Cl)cc1NC(=O)N1CCC(Cn2cnc3ccccc32)CC1.O=C(O)C(=O)O. The van der Waals surface area contributed by atoms with E-state index in [1.54, 1.807) is 25.3 Å². The highest BCUT2D eigenvalue weighted by Gasteiger charge is 2.24. The van der Waals surface area contributed by atoms with E-state index < -0.39 is 11.9 Å². The fourth-order valence-corrected chi connectivity index (χ4v) is 3.90. The molecule has 1 saturated heterocycles. The molecule has 11 heteroatoms. The molecule has 0 unspecified atom stereocenters. The third-order valence-electron chi connectivity index (χ3n) is 5.47. The van der Waals surface area contributed by atoms with E-state index in [1.165, 1.54) is 0 Å². The number of carboxylic acids is 2. The van der Waals surface area contributed by atoms with Gasteiger partial charge in [-0.15, -0.1) is 0 Å². The monoisotopic (exact) mass is 488 g/mol. The Morgan fingerprint density at radius 2 is 1.79 bits per heavy atom. The van der Waals surface area contributed by atoms with Crippen LogP contribution in [0, 0.1) is 5.92 Å². The van der Waals surface area contributed by atoms with Gasteiger partial charge in [-0.2, -0.15) is 0 Å². The molecule has 180 valence electrons. The summed E-state index contributed by atoms with van der Waals surface area (Å²) >= 11 is 6.04. The number of para-hydroxylation sites is 2. The minimum atomic E-state index is -1.82. The lowest BCUT2D eigenvalue weighted by Gasteiger charge is -2.32. The maximum Gasteiger partial charge on any atom is 0.414 e. The van der Waals surface area contributed by atoms with Crippen molar-refractivity contribution in [1.82, 2.24) is 14.5 Å². The summed E-state index contributed by atoms with van der Waals surface area (Å²) < 4.78 is 7.51. The van der Waals surface area contributed by atoms with Gasteiger partial charge in [-0.1, -0.05) is 23.7 Å². The number of anilines is 1. The average Bonchev–Trinajstić information content (AvgIpc) is 3.23. The first-order valence-electron chi connectivity index (χ1n) is 10.5. The molecule has 1 aliphatic heterocycles. The van der Waals surface area contributed by atoms with Crippen LogP contribution in [0.5, 0.6) is 5.75 Å². The number of nitrogens with zero attached hydrogens (tertiary/aromatic N) is 3. The molecule has 1 aliphatic rings. The number of aliphatic carboxylic acids is 2. The number of amides is 2. The van der Waals surface area contributed by atoms with Crippen LogP contribution in [0.15, 0.2) is 48.8 Å². The summed E-state index contributed by atoms with van der Waals surface area (Å²) in [6.07, 6.45) is 3.84. The average molecular weight is 489 g/mol. The van der Waals surface area contributed by atoms with Crippen LogP contribution >= 0.6 is 11.6 Å². The van der Waals surface area contributed by atoms with Crippen LogP contribution < -0.4 is 10.1 Å². The molecule has 2 aromatic carbocycles. The van der Waals surface area contributed by atoms with Crippen LogP contribution in [0.1, 0.15) is 12.8 Å². The molecule has 0 aliphatic carbocycles. The number of hydrogen-bond donors (Lipinski definition) is 3. The van der Waals surface area contributed by atoms with Gasteiger partial charge in [0, 0.05) is 24.7 Å². The third kappa shape index (κ3) is 6.38. The van der Waals surface area contributed by atoms with Crippen molar-refractivity contribution in [2.75, 3.05) is 25.5 Å². The molecule has 4 rings (SSSR count). The Morgan fingerprint density at radius 1 is 1.12 bits per heavy atom. The summed E-state index contributed by atoms with van der Waals surface area (Å²) in [5, 5.41) is 18.3. The number of piperidine rings is 1. The number of rotatable bonds is 4. The maximum absolute atomic E-state index is 12.6. The molecule has 1 aromatic heterocycles. The number of carbonyl (C=O) groups is 3. The highest BCUT2D eigenvalue weighted by Crippen LogP contribution is 2.29. The number of nitrogens with one attached hydrogen (secondary N) is 1. The summed E-state index contributed by atoms with van der Waals surface area (Å²) in [5.41, 5.74) is 2.78. The maximum atomic E-state index is 12.6. The first-order valence-corrected chi connectivity index (χ1v) is 10.9. The number of carbonyl (C=O) groups excluding carboxylic acids is 1. The normalized spacial score (nSPS) is 13.6. The second-order valence-electron chi connectivity index (χ2n) is 7.70. The van der Waals surface area contributed by atoms with Crippen LogP contribution in [-0.4, -0.2) is 62.8 Å². The third-order valence-corrected chi connectivity index (χ3v) is 5.71. The minimum absolute atomic E-state index is 0.118. The van der Waals surface area contributed by atoms with Crippen LogP contribution in [0.25, 0.3) is 11.0 Å². The first kappa shape index (κ1) is 24.8. The van der Waals surface area contributed by atoms with Gasteiger partial charge in [0.05, 0.1) is 30.2 Å². The van der Waals surface area contributed by atoms with Gasteiger partial charge in [0.2, 0.25) is 0 Å². The summed E-state index contributed by atoms with van der Waals surface area (Å²) in [6.45, 7) is 2.39. The van der Waals surface area contributed by atoms with Crippen LogP contribution in [0.3, 0.4) is 0 Å². The number of fused-ring (bicyclic) bond motifs is 1. The lowest BCUT2D eigenvalue weighted by Crippen LogP contribution is -2.41. The molecule has 2 heterocycles. The van der Waals surface area contributed by atoms with E-state index >= 15 is 0 Å². The molecule has 0 saturated carbocycles. The topological polar surface area (TPSA) is 134 Å². The quantitative estimate of drug-likeness (QED) is 0.475. The summed E-state index contributed by atoms with van der Waals surface area (Å²) in [7, 11) is 1.57. The van der Waals surface area contributed by atoms with Crippen molar-refractivity contribution in [3.8, 4) is 5.75 Å². The lowest BCUT2D eigenvalue weighted by atomic mass is 9.97. The predicted octanol–water partition coefficient (Wildman–Crippen LogP) is 3.80. The van der Waals surface area contributed by atoms with Gasteiger partial charge in [0.25, 0.3) is 0 Å². The number of imidazole rings is 1. The standard InChI is InChI=1S/C21H23ClN4O2.C2H2O4/c1-28-20-7-6-16(22)12-18(20)24-21(27)25-10-8-15(9-11-25)13-26-14-23-17-4-2-3-5-19(17)26;3-1(4)2(5)6/h2-7,12,14-15H,8-11,13H2,1H3,(H,24,27);(H,3,4)(H,5,6). The Morgan fingerprint density at radius 3 is 2.44 bits per heavy atom. The van der Waals surface area contributed by atoms with Crippen LogP contribution in [0.2, 0.25) is 5.02 Å². The molecular formula is C23H25ClN4O6. The van der Waals surface area contributed by atoms with Crippen molar-refractivity contribution in [2.45, 2.75) is 19.4 Å². The Bertz CT molecular complexity index is 1160. The van der Waals surface area contributed by atoms with E-state index in [0.717, 1.165) is 43.5 Å². The molecule has 2 amide bonds. The molecule has 34 heavy (non-hydrogen) atoms. The number of benzene rings is 2. The zero-order chi connectivity index (χ0) is 24.7. The van der Waals surface area contributed by atoms with Gasteiger partial charge < -0.3 is 29.7 Å². The number of likely N-dealkylation sites (tertiary alicyclic amines) is 1. The zero-order valence-corrected chi connectivity index (χ0v) is 19.2. The second-order valence-corrected chi connectivity index (χ2v) is 8.14. The fraction of sp³-hybridized carbons (Fsp3) is 0.304. The summed E-state index contributed by atoms with van der Waals surface area (Å²) in [5.74, 6) is -2.52. The molecule has 3 N–H and O–H groups in total. The van der Waals surface area contributed by atoms with Gasteiger partial charge in [-0.05, 0) is 49.1 Å². The van der Waals surface area contributed by atoms with Crippen molar-refractivity contribution in [2.24, 2.45) is 5.92 Å². The highest BCUT2D eigenvalue weighted by molar-refractivity contribution is 6.31. The van der Waals surface area contributed by atoms with Gasteiger partial charge >= 0.3 is 18.0 Å². The lowest BCUT2D eigenvalue weighted by molar-refractivity contribution is -0.159. The van der Waals surface area contributed by atoms with Crippen molar-refractivity contribution >= 4 is 46.3 Å². The fourth-order valence-electron chi connectivity index (χ4n) is 3.72. The molecule has 0 bridgehead atoms. The molecule has 3 aromatic rings. The van der Waals surface area contributed by atoms with E-state index in [4.69, 9.17) is 36.1 Å². The Hall–Kier alpha value is -3.79. The smallest absolute Gasteiger partial charge is 0.414 e. The van der Waals surface area contributed by atoms with E-state index in [9.17, 15) is 4.79 Å². The number of carboxylic acid groups (broad SMARTS) is 2. The number of aromatic nitrogens is 2. The Labute approximate surface area is 200 Å². The van der Waals surface area contributed by atoms with Gasteiger partial charge in [-0.3, -0.25) is 0 Å². The van der Waals surface area contributed by atoms with Gasteiger partial charge in [0.1, 0.15) is 5.75 Å². The summed E-state index contributed by atoms with van der Waals surface area (Å²) in [6, 6.07) is 13.2. The number of hydrogen-bond acceptors (Lipinski definition) is 5. The number of urea groups is 1. The molecule has 0 spiro atoms. The molecule has 10 nitrogen and oxygen atoms in total. The zero-order valence-electron chi connectivity index (χ0n) is 18.5. The Balaban J connectivity index is 0.000000481. The van der Waals surface area contributed by atoms with E-state index in [2.05, 4.69) is 20.9 Å². The van der Waals surface area contributed by atoms with E-state index in [-0.39, 0.29) is 6.03 Å². The van der Waals surface area contributed by atoms with Gasteiger partial charge in [-0.25, -0.2) is 19.4 Å². The van der Waals surface area contributed by atoms with Crippen molar-refractivity contribution < 1.29 is 29.3 Å². The van der Waals surface area contributed by atoms with E-state index in [0.29, 0.717) is 22.4 Å². The molecule has 0 radical (unpaired) electrons. The first-order chi connectivity index (χ1) is 16.3. The Kier molecular flexibility index (Phi) is 8.31. The minimum Gasteiger partial charge on any atom is -0.495 e. The second kappa shape index (κ2) is 11.4. The molecule has 0 atom stereocenters. The number of ether oxygens (including phenoxy) is 1. The van der Waals surface area contributed by atoms with Crippen molar-refractivity contribution in [1.29, 1.82) is 0 Å². The van der Waals surface area contributed by atoms with Crippen molar-refractivity contribution in [3.63, 3.8) is 0 Å². The molecule has 1 fully saturated rings. The summed E-state index contributed by atoms with van der Waals surface area (Å²) in [4.78, 5) is 37.2. The number of halogens is 1. The van der Waals surface area contributed by atoms with E-state index in [1.807, 2.05) is 29.4 Å². The highest BCUT2D eigenvalue weighted by atomic mass is 35.5. The van der Waals surface area contributed by atoms with Crippen LogP contribution in [-0.2, 0) is 16.1 Å². The van der Waals surface area contributed by atoms with Crippen LogP contribution in [0.4, 0.5) is 10.5 Å². The molecular weight excluding hydrogens is 464 g/mol. The number of methoxy groups -OCH3 is 1.